The zero-order chi connectivity index (χ0) is 21.5. The minimum Gasteiger partial charge on any atom is -0.508 e. The highest BCUT2D eigenvalue weighted by Crippen LogP contribution is 2.13. The van der Waals surface area contributed by atoms with Crippen LogP contribution in [0, 0.1) is 0 Å². The van der Waals surface area contributed by atoms with Crippen LogP contribution in [0.2, 0.25) is 0 Å². The summed E-state index contributed by atoms with van der Waals surface area (Å²) in [5.74, 6) is -1.45. The lowest BCUT2D eigenvalue weighted by atomic mass is 10.0. The molecule has 1 aromatic rings. The molecule has 0 aliphatic heterocycles. The van der Waals surface area contributed by atoms with E-state index in [9.17, 15) is 24.6 Å². The Morgan fingerprint density at radius 3 is 2.14 bits per heavy atom. The maximum atomic E-state index is 12.7. The fourth-order valence-electron chi connectivity index (χ4n) is 2.28. The van der Waals surface area contributed by atoms with E-state index >= 15 is 0 Å². The number of nitrogens with one attached hydrogen (secondary N) is 2. The monoisotopic (exact) mass is 396 g/mol. The van der Waals surface area contributed by atoms with Crippen molar-refractivity contribution in [1.29, 1.82) is 0 Å². The van der Waals surface area contributed by atoms with Crippen LogP contribution in [0.5, 0.6) is 5.75 Å². The Morgan fingerprint density at radius 2 is 1.68 bits per heavy atom. The summed E-state index contributed by atoms with van der Waals surface area (Å²) in [7, 11) is 1.14. The predicted molar refractivity (Wildman–Crippen MR) is 101 cm³/mol. The van der Waals surface area contributed by atoms with Crippen molar-refractivity contribution in [2.24, 2.45) is 0 Å². The SMILES string of the molecule is COC(=O)C(NC(=O)C(Cc1ccc(O)cc1)NC(=O)OC(C)(C)C)C(C)O. The molecule has 0 aliphatic carbocycles. The Hall–Kier alpha value is -2.81. The van der Waals surface area contributed by atoms with Gasteiger partial charge < -0.3 is 30.3 Å². The molecule has 0 spiro atoms. The Balaban J connectivity index is 3.00. The molecule has 0 radical (unpaired) electrons. The molecule has 3 unspecified atom stereocenters. The van der Waals surface area contributed by atoms with E-state index in [-0.39, 0.29) is 12.2 Å². The zero-order valence-electron chi connectivity index (χ0n) is 16.7. The van der Waals surface area contributed by atoms with E-state index in [1.807, 2.05) is 0 Å². The minimum absolute atomic E-state index is 0.0599. The summed E-state index contributed by atoms with van der Waals surface area (Å²) >= 11 is 0. The molecule has 0 aliphatic rings. The van der Waals surface area contributed by atoms with E-state index in [2.05, 4.69) is 15.4 Å². The van der Waals surface area contributed by atoms with Gasteiger partial charge in [-0.15, -0.1) is 0 Å². The summed E-state index contributed by atoms with van der Waals surface area (Å²) < 4.78 is 9.76. The summed E-state index contributed by atoms with van der Waals surface area (Å²) in [6.45, 7) is 6.38. The van der Waals surface area contributed by atoms with Crippen LogP contribution >= 0.6 is 0 Å². The summed E-state index contributed by atoms with van der Waals surface area (Å²) in [5, 5.41) is 24.0. The molecule has 0 bridgehead atoms. The van der Waals surface area contributed by atoms with E-state index in [1.54, 1.807) is 32.9 Å². The third-order valence-corrected chi connectivity index (χ3v) is 3.62. The van der Waals surface area contributed by atoms with Crippen LogP contribution in [0.15, 0.2) is 24.3 Å². The van der Waals surface area contributed by atoms with Gasteiger partial charge in [-0.2, -0.15) is 0 Å². The van der Waals surface area contributed by atoms with Gasteiger partial charge in [0.2, 0.25) is 5.91 Å². The fraction of sp³-hybridized carbons (Fsp3) is 0.526. The number of ether oxygens (including phenoxy) is 2. The standard InChI is InChI=1S/C19H28N2O7/c1-11(22)15(17(25)27-5)21-16(24)14(20-18(26)28-19(2,3)4)10-12-6-8-13(23)9-7-12/h6-9,11,14-15,22-23H,10H2,1-5H3,(H,20,26)(H,21,24). The molecule has 9 heteroatoms. The lowest BCUT2D eigenvalue weighted by Gasteiger charge is -2.25. The second-order valence-corrected chi connectivity index (χ2v) is 7.32. The van der Waals surface area contributed by atoms with Crippen molar-refractivity contribution in [2.75, 3.05) is 7.11 Å². The average Bonchev–Trinajstić information content (AvgIpc) is 2.58. The summed E-state index contributed by atoms with van der Waals surface area (Å²) in [6, 6.07) is 3.71. The van der Waals surface area contributed by atoms with Crippen LogP contribution in [0.1, 0.15) is 33.3 Å². The highest BCUT2D eigenvalue weighted by molar-refractivity contribution is 5.90. The van der Waals surface area contributed by atoms with Crippen LogP contribution in [0.4, 0.5) is 4.79 Å². The Bertz CT molecular complexity index is 681. The van der Waals surface area contributed by atoms with E-state index in [1.165, 1.54) is 19.1 Å². The smallest absolute Gasteiger partial charge is 0.408 e. The van der Waals surface area contributed by atoms with E-state index in [4.69, 9.17) is 4.74 Å². The summed E-state index contributed by atoms with van der Waals surface area (Å²) in [6.07, 6.45) is -1.94. The first-order valence-corrected chi connectivity index (χ1v) is 8.76. The number of aromatic hydroxyl groups is 1. The van der Waals surface area contributed by atoms with Crippen LogP contribution in [0.3, 0.4) is 0 Å². The van der Waals surface area contributed by atoms with Gasteiger partial charge in [0.1, 0.15) is 17.4 Å². The van der Waals surface area contributed by atoms with E-state index in [0.717, 1.165) is 7.11 Å². The van der Waals surface area contributed by atoms with Gasteiger partial charge in [0.05, 0.1) is 13.2 Å². The van der Waals surface area contributed by atoms with Crippen molar-refractivity contribution in [3.05, 3.63) is 29.8 Å². The van der Waals surface area contributed by atoms with Crippen LogP contribution in [-0.2, 0) is 25.5 Å². The molecule has 1 rings (SSSR count). The van der Waals surface area contributed by atoms with Crippen molar-refractivity contribution in [2.45, 2.75) is 57.9 Å². The van der Waals surface area contributed by atoms with E-state index < -0.39 is 41.8 Å². The minimum atomic E-state index is -1.29. The number of carbonyl (C=O) groups excluding carboxylic acids is 3. The molecule has 1 aromatic carbocycles. The molecule has 4 N–H and O–H groups in total. The maximum Gasteiger partial charge on any atom is 0.408 e. The Morgan fingerprint density at radius 1 is 1.11 bits per heavy atom. The number of aliphatic hydroxyl groups excluding tert-OH is 1. The number of phenolic OH excluding ortho intramolecular Hbond substituents is 1. The summed E-state index contributed by atoms with van der Waals surface area (Å²) in [5.41, 5.74) is -0.113. The topological polar surface area (TPSA) is 134 Å². The average molecular weight is 396 g/mol. The lowest BCUT2D eigenvalue weighted by Crippen LogP contribution is -2.56. The van der Waals surface area contributed by atoms with Crippen molar-refractivity contribution in [3.8, 4) is 5.75 Å². The number of aliphatic hydroxyl groups is 1. The molecular weight excluding hydrogens is 368 g/mol. The molecule has 28 heavy (non-hydrogen) atoms. The molecule has 0 fully saturated rings. The number of phenols is 1. The second kappa shape index (κ2) is 9.93. The number of hydrogen-bond donors (Lipinski definition) is 4. The van der Waals surface area contributed by atoms with E-state index in [0.29, 0.717) is 5.56 Å². The predicted octanol–water partition coefficient (Wildman–Crippen LogP) is 0.867. The lowest BCUT2D eigenvalue weighted by molar-refractivity contribution is -0.148. The number of rotatable bonds is 7. The first-order valence-electron chi connectivity index (χ1n) is 8.76. The molecule has 9 nitrogen and oxygen atoms in total. The van der Waals surface area contributed by atoms with Gasteiger partial charge in [0.15, 0.2) is 6.04 Å². The number of alkyl carbamates (subject to hydrolysis) is 1. The molecule has 3 atom stereocenters. The van der Waals surface area contributed by atoms with Gasteiger partial charge >= 0.3 is 12.1 Å². The van der Waals surface area contributed by atoms with Gasteiger partial charge in [-0.25, -0.2) is 9.59 Å². The number of carbonyl (C=O) groups is 3. The quantitative estimate of drug-likeness (QED) is 0.502. The van der Waals surface area contributed by atoms with Gasteiger partial charge in [-0.3, -0.25) is 4.79 Å². The molecule has 0 aromatic heterocycles. The number of esters is 1. The van der Waals surface area contributed by atoms with Crippen LogP contribution < -0.4 is 10.6 Å². The first kappa shape index (κ1) is 23.2. The fourth-order valence-corrected chi connectivity index (χ4v) is 2.28. The Labute approximate surface area is 164 Å². The first-order chi connectivity index (χ1) is 12.9. The molecule has 2 amide bonds. The highest BCUT2D eigenvalue weighted by Gasteiger charge is 2.31. The second-order valence-electron chi connectivity index (χ2n) is 7.32. The third-order valence-electron chi connectivity index (χ3n) is 3.62. The molecule has 0 heterocycles. The Kier molecular flexibility index (Phi) is 8.24. The normalized spacial score (nSPS) is 14.4. The number of hydrogen-bond acceptors (Lipinski definition) is 7. The van der Waals surface area contributed by atoms with Crippen molar-refractivity contribution >= 4 is 18.0 Å². The van der Waals surface area contributed by atoms with Gasteiger partial charge in [-0.1, -0.05) is 12.1 Å². The van der Waals surface area contributed by atoms with Gasteiger partial charge in [-0.05, 0) is 45.4 Å². The number of benzene rings is 1. The van der Waals surface area contributed by atoms with Crippen molar-refractivity contribution in [1.82, 2.24) is 10.6 Å². The van der Waals surface area contributed by atoms with Crippen LogP contribution in [0.25, 0.3) is 0 Å². The molecular formula is C19H28N2O7. The third kappa shape index (κ3) is 7.83. The number of methoxy groups -OCH3 is 1. The van der Waals surface area contributed by atoms with Crippen LogP contribution in [-0.4, -0.2) is 59.1 Å². The van der Waals surface area contributed by atoms with Crippen molar-refractivity contribution in [3.63, 3.8) is 0 Å². The molecule has 0 saturated heterocycles. The highest BCUT2D eigenvalue weighted by atomic mass is 16.6. The van der Waals surface area contributed by atoms with Gasteiger partial charge in [0, 0.05) is 6.42 Å². The largest absolute Gasteiger partial charge is 0.508 e. The number of amides is 2. The molecule has 0 saturated carbocycles. The van der Waals surface area contributed by atoms with Gasteiger partial charge in [0.25, 0.3) is 0 Å². The molecule has 156 valence electrons. The maximum absolute atomic E-state index is 12.7. The zero-order valence-corrected chi connectivity index (χ0v) is 16.7. The summed E-state index contributed by atoms with van der Waals surface area (Å²) in [4.78, 5) is 36.6. The van der Waals surface area contributed by atoms with Crippen molar-refractivity contribution < 1.29 is 34.1 Å².